The molecule has 0 aliphatic carbocycles. The zero-order valence-electron chi connectivity index (χ0n) is 12.1. The van der Waals surface area contributed by atoms with E-state index in [0.29, 0.717) is 11.7 Å². The van der Waals surface area contributed by atoms with Gasteiger partial charge in [-0.3, -0.25) is 0 Å². The first kappa shape index (κ1) is 15.6. The molecule has 1 aromatic carbocycles. The highest BCUT2D eigenvalue weighted by atomic mass is 32.1. The van der Waals surface area contributed by atoms with Crippen LogP contribution in [0.3, 0.4) is 0 Å². The monoisotopic (exact) mass is 313 g/mol. The lowest BCUT2D eigenvalue weighted by atomic mass is 9.96. The van der Waals surface area contributed by atoms with Crippen molar-refractivity contribution in [1.82, 2.24) is 9.36 Å². The first-order valence-corrected chi connectivity index (χ1v) is 7.29. The second-order valence-corrected chi connectivity index (χ2v) is 6.27. The van der Waals surface area contributed by atoms with E-state index in [2.05, 4.69) is 14.7 Å². The van der Waals surface area contributed by atoms with Crippen molar-refractivity contribution in [3.05, 3.63) is 35.7 Å². The summed E-state index contributed by atoms with van der Waals surface area (Å²) in [6.45, 7) is 6.82. The molecule has 114 valence electrons. The molecule has 0 saturated carbocycles. The summed E-state index contributed by atoms with van der Waals surface area (Å²) in [5, 5.41) is 3.76. The molecule has 0 unspecified atom stereocenters. The van der Waals surface area contributed by atoms with Crippen LogP contribution in [0, 0.1) is 11.6 Å². The number of halogens is 2. The van der Waals surface area contributed by atoms with Gasteiger partial charge in [-0.1, -0.05) is 20.8 Å². The van der Waals surface area contributed by atoms with E-state index in [1.165, 1.54) is 17.6 Å². The summed E-state index contributed by atoms with van der Waals surface area (Å²) in [6.07, 6.45) is 0. The number of hydrogen-bond acceptors (Lipinski definition) is 5. The minimum absolute atomic E-state index is 0.0332. The third kappa shape index (κ3) is 4.35. The molecule has 7 heteroatoms. The number of nitrogens with one attached hydrogen (secondary N) is 1. The lowest BCUT2D eigenvalue weighted by Crippen LogP contribution is -2.14. The van der Waals surface area contributed by atoms with E-state index < -0.39 is 11.6 Å². The van der Waals surface area contributed by atoms with Crippen molar-refractivity contribution in [3.63, 3.8) is 0 Å². The summed E-state index contributed by atoms with van der Waals surface area (Å²) < 4.78 is 35.6. The average Bonchev–Trinajstić information content (AvgIpc) is 2.85. The Morgan fingerprint density at radius 2 is 2.05 bits per heavy atom. The number of aromatic nitrogens is 2. The van der Waals surface area contributed by atoms with Gasteiger partial charge in [0.1, 0.15) is 18.2 Å². The molecule has 0 amide bonds. The Kier molecular flexibility index (Phi) is 4.72. The Morgan fingerprint density at radius 1 is 1.29 bits per heavy atom. The molecule has 2 rings (SSSR count). The standard InChI is InChI=1S/C14H17F2N3OS/c1-14(2,3)12-18-13(21-19-12)17-6-7-20-11-5-4-9(15)8-10(11)16/h4-5,8H,6-7H2,1-3H3,(H,17,18,19). The van der Waals surface area contributed by atoms with E-state index in [1.807, 2.05) is 20.8 Å². The zero-order valence-corrected chi connectivity index (χ0v) is 12.9. The first-order chi connectivity index (χ1) is 9.86. The summed E-state index contributed by atoms with van der Waals surface area (Å²) in [5.74, 6) is -0.520. The minimum Gasteiger partial charge on any atom is -0.489 e. The smallest absolute Gasteiger partial charge is 0.202 e. The van der Waals surface area contributed by atoms with Gasteiger partial charge in [-0.2, -0.15) is 4.37 Å². The molecular formula is C14H17F2N3OS. The van der Waals surface area contributed by atoms with E-state index in [9.17, 15) is 8.78 Å². The highest BCUT2D eigenvalue weighted by Gasteiger charge is 2.19. The maximum atomic E-state index is 13.3. The van der Waals surface area contributed by atoms with Crippen molar-refractivity contribution < 1.29 is 13.5 Å². The summed E-state index contributed by atoms with van der Waals surface area (Å²) >= 11 is 1.28. The number of nitrogens with zero attached hydrogens (tertiary/aromatic N) is 2. The normalized spacial score (nSPS) is 11.5. The van der Waals surface area contributed by atoms with Crippen LogP contribution in [-0.4, -0.2) is 22.5 Å². The fourth-order valence-electron chi connectivity index (χ4n) is 1.51. The minimum atomic E-state index is -0.707. The van der Waals surface area contributed by atoms with Crippen molar-refractivity contribution in [2.24, 2.45) is 0 Å². The van der Waals surface area contributed by atoms with Gasteiger partial charge in [-0.15, -0.1) is 0 Å². The Bertz CT molecular complexity index is 611. The van der Waals surface area contributed by atoms with Crippen LogP contribution >= 0.6 is 11.5 Å². The molecule has 0 spiro atoms. The third-order valence-electron chi connectivity index (χ3n) is 2.63. The predicted octanol–water partition coefficient (Wildman–Crippen LogP) is 3.60. The summed E-state index contributed by atoms with van der Waals surface area (Å²) in [5.41, 5.74) is -0.0931. The number of anilines is 1. The summed E-state index contributed by atoms with van der Waals surface area (Å²) in [6, 6.07) is 3.22. The van der Waals surface area contributed by atoms with E-state index in [0.717, 1.165) is 18.0 Å². The lowest BCUT2D eigenvalue weighted by molar-refractivity contribution is 0.314. The van der Waals surface area contributed by atoms with Crippen LogP contribution in [0.2, 0.25) is 0 Å². The van der Waals surface area contributed by atoms with Crippen LogP contribution in [-0.2, 0) is 5.41 Å². The van der Waals surface area contributed by atoms with Crippen molar-refractivity contribution >= 4 is 16.7 Å². The topological polar surface area (TPSA) is 47.0 Å². The molecule has 21 heavy (non-hydrogen) atoms. The third-order valence-corrected chi connectivity index (χ3v) is 3.30. The van der Waals surface area contributed by atoms with Gasteiger partial charge >= 0.3 is 0 Å². The Hall–Kier alpha value is -1.76. The molecule has 2 aromatic rings. The van der Waals surface area contributed by atoms with Gasteiger partial charge in [-0.05, 0) is 12.1 Å². The van der Waals surface area contributed by atoms with Crippen LogP contribution in [0.15, 0.2) is 18.2 Å². The van der Waals surface area contributed by atoms with Gasteiger partial charge in [-0.25, -0.2) is 13.8 Å². The molecule has 0 aliphatic heterocycles. The molecule has 1 aromatic heterocycles. The lowest BCUT2D eigenvalue weighted by Gasteiger charge is -2.12. The zero-order chi connectivity index (χ0) is 15.5. The molecule has 0 bridgehead atoms. The summed E-state index contributed by atoms with van der Waals surface area (Å²) in [4.78, 5) is 4.37. The molecule has 0 aliphatic rings. The van der Waals surface area contributed by atoms with Gasteiger partial charge in [0.05, 0.1) is 6.54 Å². The van der Waals surface area contributed by atoms with Gasteiger partial charge in [0, 0.05) is 23.0 Å². The number of benzene rings is 1. The van der Waals surface area contributed by atoms with Crippen LogP contribution in [0.4, 0.5) is 13.9 Å². The molecule has 4 nitrogen and oxygen atoms in total. The highest BCUT2D eigenvalue weighted by Crippen LogP contribution is 2.22. The van der Waals surface area contributed by atoms with Crippen LogP contribution in [0.25, 0.3) is 0 Å². The molecule has 1 heterocycles. The van der Waals surface area contributed by atoms with Crippen LogP contribution in [0.1, 0.15) is 26.6 Å². The molecule has 0 fully saturated rings. The molecule has 1 N–H and O–H groups in total. The summed E-state index contributed by atoms with van der Waals surface area (Å²) in [7, 11) is 0. The van der Waals surface area contributed by atoms with Crippen LogP contribution < -0.4 is 10.1 Å². The van der Waals surface area contributed by atoms with Gasteiger partial charge in [0.25, 0.3) is 0 Å². The largest absolute Gasteiger partial charge is 0.489 e. The maximum absolute atomic E-state index is 13.3. The van der Waals surface area contributed by atoms with E-state index in [1.54, 1.807) is 0 Å². The van der Waals surface area contributed by atoms with Crippen molar-refractivity contribution in [2.45, 2.75) is 26.2 Å². The Balaban J connectivity index is 1.81. The number of hydrogen-bond donors (Lipinski definition) is 1. The predicted molar refractivity (Wildman–Crippen MR) is 79.0 cm³/mol. The van der Waals surface area contributed by atoms with Gasteiger partial charge < -0.3 is 10.1 Å². The number of rotatable bonds is 5. The van der Waals surface area contributed by atoms with Crippen LogP contribution in [0.5, 0.6) is 5.75 Å². The molecule has 0 atom stereocenters. The second-order valence-electron chi connectivity index (χ2n) is 5.52. The molecular weight excluding hydrogens is 296 g/mol. The fourth-order valence-corrected chi connectivity index (χ4v) is 2.29. The van der Waals surface area contributed by atoms with Crippen molar-refractivity contribution in [3.8, 4) is 5.75 Å². The fraction of sp³-hybridized carbons (Fsp3) is 0.429. The quantitative estimate of drug-likeness (QED) is 0.857. The second kappa shape index (κ2) is 6.34. The Morgan fingerprint density at radius 3 is 2.67 bits per heavy atom. The first-order valence-electron chi connectivity index (χ1n) is 6.52. The van der Waals surface area contributed by atoms with Gasteiger partial charge in [0.2, 0.25) is 5.13 Å². The van der Waals surface area contributed by atoms with E-state index in [4.69, 9.17) is 4.74 Å². The highest BCUT2D eigenvalue weighted by molar-refractivity contribution is 7.09. The van der Waals surface area contributed by atoms with E-state index in [-0.39, 0.29) is 17.8 Å². The van der Waals surface area contributed by atoms with Crippen molar-refractivity contribution in [1.29, 1.82) is 0 Å². The van der Waals surface area contributed by atoms with Crippen molar-refractivity contribution in [2.75, 3.05) is 18.5 Å². The average molecular weight is 313 g/mol. The maximum Gasteiger partial charge on any atom is 0.202 e. The number of ether oxygens (including phenoxy) is 1. The van der Waals surface area contributed by atoms with E-state index >= 15 is 0 Å². The molecule has 0 radical (unpaired) electrons. The SMILES string of the molecule is CC(C)(C)c1nsc(NCCOc2ccc(F)cc2F)n1. The Labute approximate surface area is 126 Å². The van der Waals surface area contributed by atoms with Gasteiger partial charge in [0.15, 0.2) is 11.6 Å². The molecule has 0 saturated heterocycles.